The van der Waals surface area contributed by atoms with Crippen molar-refractivity contribution < 1.29 is 4.79 Å². The molecule has 0 radical (unpaired) electrons. The van der Waals surface area contributed by atoms with Gasteiger partial charge in [0.05, 0.1) is 5.25 Å². The highest BCUT2D eigenvalue weighted by Gasteiger charge is 2.13. The van der Waals surface area contributed by atoms with E-state index in [0.29, 0.717) is 5.13 Å². The molecule has 15 heavy (non-hydrogen) atoms. The number of nitrogens with one attached hydrogen (secondary N) is 1. The first kappa shape index (κ1) is 12.8. The highest BCUT2D eigenvalue weighted by molar-refractivity contribution is 8.01. The van der Waals surface area contributed by atoms with Crippen LogP contribution in [0.25, 0.3) is 0 Å². The van der Waals surface area contributed by atoms with E-state index in [2.05, 4.69) is 22.4 Å². The molecule has 1 aromatic rings. The summed E-state index contributed by atoms with van der Waals surface area (Å²) in [4.78, 5) is 11.5. The Kier molecular flexibility index (Phi) is 5.41. The molecule has 1 unspecified atom stereocenters. The van der Waals surface area contributed by atoms with Crippen LogP contribution in [0, 0.1) is 0 Å². The molecule has 0 spiro atoms. The molecule has 1 amide bonds. The summed E-state index contributed by atoms with van der Waals surface area (Å²) in [5.74, 6) is 0.941. The van der Waals surface area contributed by atoms with Gasteiger partial charge in [-0.2, -0.15) is 11.8 Å². The van der Waals surface area contributed by atoms with Gasteiger partial charge in [-0.15, -0.1) is 10.2 Å². The Hall–Kier alpha value is -0.270. The van der Waals surface area contributed by atoms with Gasteiger partial charge in [-0.1, -0.05) is 30.0 Å². The lowest BCUT2D eigenvalue weighted by molar-refractivity contribution is -0.115. The predicted octanol–water partition coefficient (Wildman–Crippen LogP) is 2.34. The zero-order valence-corrected chi connectivity index (χ0v) is 11.3. The standard InChI is InChI=1S/C8H13N3OS3/c1-4-14-8-11-10-7(15-8)9-6(12)5(2)13-3/h5H,4H2,1-3H3,(H,9,10,12). The van der Waals surface area contributed by atoms with E-state index in [1.807, 2.05) is 13.2 Å². The van der Waals surface area contributed by atoms with Crippen LogP contribution >= 0.6 is 34.9 Å². The van der Waals surface area contributed by atoms with Crippen molar-refractivity contribution in [3.8, 4) is 0 Å². The topological polar surface area (TPSA) is 54.9 Å². The highest BCUT2D eigenvalue weighted by Crippen LogP contribution is 2.25. The van der Waals surface area contributed by atoms with Gasteiger partial charge in [0.15, 0.2) is 4.34 Å². The summed E-state index contributed by atoms with van der Waals surface area (Å²) in [6, 6.07) is 0. The normalized spacial score (nSPS) is 12.5. The van der Waals surface area contributed by atoms with E-state index in [-0.39, 0.29) is 11.2 Å². The van der Waals surface area contributed by atoms with Crippen molar-refractivity contribution in [1.29, 1.82) is 0 Å². The van der Waals surface area contributed by atoms with Crippen LogP contribution in [0.4, 0.5) is 5.13 Å². The minimum absolute atomic E-state index is 0.0216. The van der Waals surface area contributed by atoms with Gasteiger partial charge in [-0.25, -0.2) is 0 Å². The summed E-state index contributed by atoms with van der Waals surface area (Å²) < 4.78 is 0.893. The molecule has 0 saturated carbocycles. The average Bonchev–Trinajstić information content (AvgIpc) is 2.65. The Morgan fingerprint density at radius 2 is 2.33 bits per heavy atom. The average molecular weight is 263 g/mol. The number of amides is 1. The second-order valence-electron chi connectivity index (χ2n) is 2.67. The second-order valence-corrected chi connectivity index (χ2v) is 6.34. The number of carbonyl (C=O) groups excluding carboxylic acids is 1. The van der Waals surface area contributed by atoms with Gasteiger partial charge in [0.2, 0.25) is 11.0 Å². The van der Waals surface area contributed by atoms with Crippen molar-refractivity contribution in [1.82, 2.24) is 10.2 Å². The second kappa shape index (κ2) is 6.34. The van der Waals surface area contributed by atoms with Crippen LogP contribution in [0.3, 0.4) is 0 Å². The van der Waals surface area contributed by atoms with Gasteiger partial charge in [0.1, 0.15) is 0 Å². The fourth-order valence-corrected chi connectivity index (χ4v) is 2.68. The molecule has 0 aliphatic heterocycles. The monoisotopic (exact) mass is 263 g/mol. The molecule has 4 nitrogen and oxygen atoms in total. The summed E-state index contributed by atoms with van der Waals surface area (Å²) in [5.41, 5.74) is 0. The number of nitrogens with zero attached hydrogens (tertiary/aromatic N) is 2. The Labute approximate surface area is 102 Å². The molecule has 7 heteroatoms. The van der Waals surface area contributed by atoms with Gasteiger partial charge in [-0.05, 0) is 18.9 Å². The highest BCUT2D eigenvalue weighted by atomic mass is 32.2. The quantitative estimate of drug-likeness (QED) is 0.653. The Balaban J connectivity index is 2.53. The van der Waals surface area contributed by atoms with E-state index in [1.165, 1.54) is 23.1 Å². The first-order valence-corrected chi connectivity index (χ1v) is 7.56. The van der Waals surface area contributed by atoms with Crippen LogP contribution in [-0.2, 0) is 4.79 Å². The summed E-state index contributed by atoms with van der Waals surface area (Å²) in [6.45, 7) is 3.92. The molecule has 0 fully saturated rings. The summed E-state index contributed by atoms with van der Waals surface area (Å²) in [6.07, 6.45) is 1.91. The van der Waals surface area contributed by atoms with Crippen LogP contribution in [0.15, 0.2) is 4.34 Å². The van der Waals surface area contributed by atoms with Crippen LogP contribution in [0.2, 0.25) is 0 Å². The fourth-order valence-electron chi connectivity index (χ4n) is 0.756. The van der Waals surface area contributed by atoms with E-state index in [4.69, 9.17) is 0 Å². The molecule has 0 aromatic carbocycles. The van der Waals surface area contributed by atoms with Gasteiger partial charge < -0.3 is 0 Å². The molecule has 0 aliphatic carbocycles. The van der Waals surface area contributed by atoms with Crippen LogP contribution in [0.1, 0.15) is 13.8 Å². The Morgan fingerprint density at radius 1 is 1.60 bits per heavy atom. The van der Waals surface area contributed by atoms with Crippen LogP contribution in [-0.4, -0.2) is 33.4 Å². The molecule has 84 valence electrons. The number of thioether (sulfide) groups is 2. The van der Waals surface area contributed by atoms with Crippen molar-refractivity contribution in [3.05, 3.63) is 0 Å². The van der Waals surface area contributed by atoms with E-state index in [0.717, 1.165) is 10.1 Å². The van der Waals surface area contributed by atoms with Gasteiger partial charge in [0.25, 0.3) is 0 Å². The third kappa shape index (κ3) is 4.00. The van der Waals surface area contributed by atoms with Crippen molar-refractivity contribution in [3.63, 3.8) is 0 Å². The molecular formula is C8H13N3OS3. The molecule has 1 N–H and O–H groups in total. The largest absolute Gasteiger partial charge is 0.300 e. The van der Waals surface area contributed by atoms with Crippen LogP contribution in [0.5, 0.6) is 0 Å². The maximum Gasteiger partial charge on any atom is 0.239 e. The molecular weight excluding hydrogens is 250 g/mol. The predicted molar refractivity (Wildman–Crippen MR) is 67.9 cm³/mol. The molecule has 0 saturated heterocycles. The lowest BCUT2D eigenvalue weighted by Gasteiger charge is -2.05. The first-order chi connectivity index (χ1) is 7.17. The maximum atomic E-state index is 11.5. The minimum Gasteiger partial charge on any atom is -0.300 e. The minimum atomic E-state index is -0.0591. The summed E-state index contributed by atoms with van der Waals surface area (Å²) in [7, 11) is 0. The van der Waals surface area contributed by atoms with E-state index >= 15 is 0 Å². The number of carbonyl (C=O) groups is 1. The zero-order chi connectivity index (χ0) is 11.3. The number of rotatable bonds is 5. The molecule has 1 aromatic heterocycles. The number of hydrogen-bond donors (Lipinski definition) is 1. The maximum absolute atomic E-state index is 11.5. The van der Waals surface area contributed by atoms with Crippen molar-refractivity contribution in [2.75, 3.05) is 17.3 Å². The fraction of sp³-hybridized carbons (Fsp3) is 0.625. The molecule has 0 aliphatic rings. The lowest BCUT2D eigenvalue weighted by atomic mass is 10.4. The van der Waals surface area contributed by atoms with Crippen LogP contribution < -0.4 is 5.32 Å². The van der Waals surface area contributed by atoms with E-state index in [9.17, 15) is 4.79 Å². The first-order valence-electron chi connectivity index (χ1n) is 4.47. The molecule has 1 atom stereocenters. The number of aromatic nitrogens is 2. The third-order valence-electron chi connectivity index (χ3n) is 1.63. The number of hydrogen-bond acceptors (Lipinski definition) is 6. The molecule has 0 bridgehead atoms. The van der Waals surface area contributed by atoms with Gasteiger partial charge in [0, 0.05) is 0 Å². The lowest BCUT2D eigenvalue weighted by Crippen LogP contribution is -2.21. The van der Waals surface area contributed by atoms with Crippen molar-refractivity contribution in [2.24, 2.45) is 0 Å². The third-order valence-corrected chi connectivity index (χ3v) is 4.40. The Bertz CT molecular complexity index is 329. The summed E-state index contributed by atoms with van der Waals surface area (Å²) >= 11 is 4.55. The van der Waals surface area contributed by atoms with Gasteiger partial charge >= 0.3 is 0 Å². The van der Waals surface area contributed by atoms with Crippen molar-refractivity contribution >= 4 is 45.9 Å². The van der Waals surface area contributed by atoms with E-state index in [1.54, 1.807) is 11.8 Å². The molecule has 1 rings (SSSR count). The number of anilines is 1. The Morgan fingerprint density at radius 3 is 2.93 bits per heavy atom. The summed E-state index contributed by atoms with van der Waals surface area (Å²) in [5, 5.41) is 11.1. The zero-order valence-electron chi connectivity index (χ0n) is 8.81. The SMILES string of the molecule is CCSc1nnc(NC(=O)C(C)SC)s1. The molecule has 1 heterocycles. The smallest absolute Gasteiger partial charge is 0.239 e. The van der Waals surface area contributed by atoms with Gasteiger partial charge in [-0.3, -0.25) is 10.1 Å². The van der Waals surface area contributed by atoms with Crippen molar-refractivity contribution in [2.45, 2.75) is 23.4 Å². The van der Waals surface area contributed by atoms with E-state index < -0.39 is 0 Å².